The Bertz CT molecular complexity index is 467. The van der Waals surface area contributed by atoms with Crippen molar-refractivity contribution >= 4 is 5.91 Å². The minimum Gasteiger partial charge on any atom is -0.378 e. The zero-order valence-corrected chi connectivity index (χ0v) is 11.2. The highest BCUT2D eigenvalue weighted by atomic mass is 16.5. The molecule has 4 nitrogen and oxygen atoms in total. The zero-order valence-electron chi connectivity index (χ0n) is 11.2. The van der Waals surface area contributed by atoms with Gasteiger partial charge in [0.1, 0.15) is 0 Å². The van der Waals surface area contributed by atoms with Gasteiger partial charge in [-0.1, -0.05) is 18.2 Å². The zero-order chi connectivity index (χ0) is 13.1. The molecule has 0 aliphatic carbocycles. The van der Waals surface area contributed by atoms with E-state index in [0.29, 0.717) is 19.6 Å². The highest BCUT2D eigenvalue weighted by Gasteiger charge is 2.19. The van der Waals surface area contributed by atoms with Gasteiger partial charge < -0.3 is 15.0 Å². The predicted molar refractivity (Wildman–Crippen MR) is 73.0 cm³/mol. The maximum absolute atomic E-state index is 12.3. The van der Waals surface area contributed by atoms with Gasteiger partial charge in [0.2, 0.25) is 5.91 Å². The minimum atomic E-state index is 0.232. The van der Waals surface area contributed by atoms with Gasteiger partial charge in [-0.2, -0.15) is 0 Å². The lowest BCUT2D eigenvalue weighted by Gasteiger charge is -2.28. The lowest BCUT2D eigenvalue weighted by molar-refractivity contribution is -0.134. The second-order valence-corrected chi connectivity index (χ2v) is 5.15. The highest BCUT2D eigenvalue weighted by molar-refractivity contribution is 5.79. The molecule has 0 saturated carbocycles. The van der Waals surface area contributed by atoms with Crippen LogP contribution in [0.25, 0.3) is 0 Å². The third kappa shape index (κ3) is 2.80. The molecule has 1 N–H and O–H groups in total. The molecule has 1 fully saturated rings. The molecule has 1 saturated heterocycles. The molecule has 1 aromatic rings. The summed E-state index contributed by atoms with van der Waals surface area (Å²) in [6.07, 6.45) is 1.56. The van der Waals surface area contributed by atoms with Gasteiger partial charge in [-0.25, -0.2) is 0 Å². The summed E-state index contributed by atoms with van der Waals surface area (Å²) in [5.74, 6) is 0.232. The molecule has 0 radical (unpaired) electrons. The molecular formula is C15H20N2O2. The number of carbonyl (C=O) groups is 1. The largest absolute Gasteiger partial charge is 0.378 e. The predicted octanol–water partition coefficient (Wildman–Crippen LogP) is 0.734. The maximum atomic E-state index is 12.3. The van der Waals surface area contributed by atoms with Gasteiger partial charge in [-0.3, -0.25) is 4.79 Å². The van der Waals surface area contributed by atoms with E-state index >= 15 is 0 Å². The molecule has 4 heteroatoms. The van der Waals surface area contributed by atoms with Crippen LogP contribution in [0, 0.1) is 0 Å². The van der Waals surface area contributed by atoms with Gasteiger partial charge in [0.25, 0.3) is 0 Å². The van der Waals surface area contributed by atoms with Crippen molar-refractivity contribution in [2.75, 3.05) is 32.8 Å². The molecule has 3 rings (SSSR count). The van der Waals surface area contributed by atoms with Gasteiger partial charge in [0.05, 0.1) is 19.6 Å². The number of morpholine rings is 1. The summed E-state index contributed by atoms with van der Waals surface area (Å²) < 4.78 is 5.29. The van der Waals surface area contributed by atoms with Crippen LogP contribution in [-0.4, -0.2) is 43.7 Å². The molecule has 0 unspecified atom stereocenters. The van der Waals surface area contributed by atoms with Crippen molar-refractivity contribution in [3.8, 4) is 0 Å². The Morgan fingerprint density at radius 3 is 3.00 bits per heavy atom. The number of hydrogen-bond donors (Lipinski definition) is 1. The number of benzene rings is 1. The monoisotopic (exact) mass is 260 g/mol. The number of fused-ring (bicyclic) bond motifs is 1. The third-order valence-corrected chi connectivity index (χ3v) is 3.94. The van der Waals surface area contributed by atoms with E-state index in [1.807, 2.05) is 4.90 Å². The molecule has 1 aromatic carbocycles. The van der Waals surface area contributed by atoms with Crippen LogP contribution in [0.15, 0.2) is 18.2 Å². The van der Waals surface area contributed by atoms with Crippen molar-refractivity contribution in [2.45, 2.75) is 19.4 Å². The second-order valence-electron chi connectivity index (χ2n) is 5.15. The van der Waals surface area contributed by atoms with E-state index in [0.717, 1.165) is 32.6 Å². The van der Waals surface area contributed by atoms with Gasteiger partial charge in [-0.15, -0.1) is 0 Å². The van der Waals surface area contributed by atoms with Crippen LogP contribution in [0.2, 0.25) is 0 Å². The molecular weight excluding hydrogens is 240 g/mol. The van der Waals surface area contributed by atoms with Crippen molar-refractivity contribution in [3.63, 3.8) is 0 Å². The maximum Gasteiger partial charge on any atom is 0.227 e. The number of carbonyl (C=O) groups excluding carboxylic acids is 1. The summed E-state index contributed by atoms with van der Waals surface area (Å²) >= 11 is 0. The van der Waals surface area contributed by atoms with Crippen LogP contribution < -0.4 is 5.32 Å². The van der Waals surface area contributed by atoms with Crippen molar-refractivity contribution in [3.05, 3.63) is 34.9 Å². The standard InChI is InChI=1S/C15H20N2O2/c18-15(17-6-8-19-9-7-17)10-12-2-1-3-13-11-16-5-4-14(12)13/h1-3,16H,4-11H2. The number of rotatable bonds is 2. The van der Waals surface area contributed by atoms with Crippen LogP contribution in [0.1, 0.15) is 16.7 Å². The quantitative estimate of drug-likeness (QED) is 0.852. The molecule has 0 spiro atoms. The summed E-state index contributed by atoms with van der Waals surface area (Å²) in [4.78, 5) is 14.2. The first-order chi connectivity index (χ1) is 9.34. The van der Waals surface area contributed by atoms with Crippen molar-refractivity contribution in [1.82, 2.24) is 10.2 Å². The highest BCUT2D eigenvalue weighted by Crippen LogP contribution is 2.19. The van der Waals surface area contributed by atoms with E-state index in [1.54, 1.807) is 0 Å². The van der Waals surface area contributed by atoms with E-state index in [-0.39, 0.29) is 5.91 Å². The fraction of sp³-hybridized carbons (Fsp3) is 0.533. The Kier molecular flexibility index (Phi) is 3.80. The number of nitrogens with one attached hydrogen (secondary N) is 1. The molecule has 2 heterocycles. The topological polar surface area (TPSA) is 41.6 Å². The second kappa shape index (κ2) is 5.72. The summed E-state index contributed by atoms with van der Waals surface area (Å²) in [5.41, 5.74) is 3.93. The molecule has 0 bridgehead atoms. The Balaban J connectivity index is 1.74. The lowest BCUT2D eigenvalue weighted by Crippen LogP contribution is -2.41. The molecule has 2 aliphatic heterocycles. The fourth-order valence-corrected chi connectivity index (χ4v) is 2.86. The lowest BCUT2D eigenvalue weighted by atomic mass is 9.93. The smallest absolute Gasteiger partial charge is 0.227 e. The molecule has 19 heavy (non-hydrogen) atoms. The number of nitrogens with zero attached hydrogens (tertiary/aromatic N) is 1. The van der Waals surface area contributed by atoms with E-state index in [4.69, 9.17) is 4.74 Å². The van der Waals surface area contributed by atoms with Crippen molar-refractivity contribution in [2.24, 2.45) is 0 Å². The molecule has 2 aliphatic rings. The van der Waals surface area contributed by atoms with Gasteiger partial charge in [0, 0.05) is 19.6 Å². The van der Waals surface area contributed by atoms with Gasteiger partial charge >= 0.3 is 0 Å². The summed E-state index contributed by atoms with van der Waals surface area (Å²) in [6, 6.07) is 6.32. The Hall–Kier alpha value is -1.39. The molecule has 0 aromatic heterocycles. The SMILES string of the molecule is O=C(Cc1cccc2c1CCNC2)N1CCOCC1. The molecule has 0 atom stereocenters. The Morgan fingerprint density at radius 2 is 2.16 bits per heavy atom. The third-order valence-electron chi connectivity index (χ3n) is 3.94. The Morgan fingerprint density at radius 1 is 1.32 bits per heavy atom. The average Bonchev–Trinajstić information content (AvgIpc) is 2.48. The van der Waals surface area contributed by atoms with Crippen LogP contribution in [0.4, 0.5) is 0 Å². The fourth-order valence-electron chi connectivity index (χ4n) is 2.86. The first kappa shape index (κ1) is 12.6. The molecule has 1 amide bonds. The summed E-state index contributed by atoms with van der Waals surface area (Å²) in [7, 11) is 0. The van der Waals surface area contributed by atoms with Crippen molar-refractivity contribution in [1.29, 1.82) is 0 Å². The Labute approximate surface area is 113 Å². The van der Waals surface area contributed by atoms with Crippen LogP contribution in [0.3, 0.4) is 0 Å². The van der Waals surface area contributed by atoms with Crippen LogP contribution in [0.5, 0.6) is 0 Å². The van der Waals surface area contributed by atoms with E-state index in [2.05, 4.69) is 23.5 Å². The summed E-state index contributed by atoms with van der Waals surface area (Å²) in [5, 5.41) is 3.37. The van der Waals surface area contributed by atoms with Gasteiger partial charge in [0.15, 0.2) is 0 Å². The number of hydrogen-bond acceptors (Lipinski definition) is 3. The molecule has 102 valence electrons. The first-order valence-electron chi connectivity index (χ1n) is 7.00. The average molecular weight is 260 g/mol. The number of amides is 1. The van der Waals surface area contributed by atoms with Crippen LogP contribution in [-0.2, 0) is 28.9 Å². The summed E-state index contributed by atoms with van der Waals surface area (Å²) in [6.45, 7) is 4.74. The number of ether oxygens (including phenoxy) is 1. The van der Waals surface area contributed by atoms with E-state index in [1.165, 1.54) is 16.7 Å². The van der Waals surface area contributed by atoms with Gasteiger partial charge in [-0.05, 0) is 29.7 Å². The normalized spacial score (nSPS) is 19.1. The van der Waals surface area contributed by atoms with E-state index in [9.17, 15) is 4.79 Å². The first-order valence-corrected chi connectivity index (χ1v) is 7.00. The van der Waals surface area contributed by atoms with E-state index < -0.39 is 0 Å². The van der Waals surface area contributed by atoms with Crippen molar-refractivity contribution < 1.29 is 9.53 Å². The minimum absolute atomic E-state index is 0.232. The van der Waals surface area contributed by atoms with Crippen LogP contribution >= 0.6 is 0 Å².